The van der Waals surface area contributed by atoms with Crippen molar-refractivity contribution in [3.63, 3.8) is 0 Å². The van der Waals surface area contributed by atoms with Crippen LogP contribution in [0.1, 0.15) is 23.4 Å². The van der Waals surface area contributed by atoms with Gasteiger partial charge in [-0.05, 0) is 25.8 Å². The summed E-state index contributed by atoms with van der Waals surface area (Å²) in [5.41, 5.74) is 5.34. The maximum absolute atomic E-state index is 11.0. The summed E-state index contributed by atoms with van der Waals surface area (Å²) in [7, 11) is 1.90. The molecular weight excluding hydrogens is 180 g/mol. The lowest BCUT2D eigenvalue weighted by atomic mass is 10.1. The van der Waals surface area contributed by atoms with Crippen molar-refractivity contribution in [3.8, 4) is 0 Å². The van der Waals surface area contributed by atoms with Gasteiger partial charge in [-0.3, -0.25) is 14.9 Å². The smallest absolute Gasteiger partial charge is 0.234 e. The number of rotatable bonds is 3. The molecule has 1 heterocycles. The molecule has 3 N–H and O–H groups in total. The SMILES string of the molecule is Cc1nn(C)c(C)c1CCC(=O)NN. The van der Waals surface area contributed by atoms with E-state index in [1.807, 2.05) is 25.6 Å². The van der Waals surface area contributed by atoms with Gasteiger partial charge in [-0.15, -0.1) is 0 Å². The van der Waals surface area contributed by atoms with E-state index in [0.29, 0.717) is 12.8 Å². The van der Waals surface area contributed by atoms with Crippen LogP contribution in [-0.2, 0) is 18.3 Å². The number of hydrazine groups is 1. The van der Waals surface area contributed by atoms with Crippen LogP contribution in [0.2, 0.25) is 0 Å². The highest BCUT2D eigenvalue weighted by Gasteiger charge is 2.10. The van der Waals surface area contributed by atoms with Crippen molar-refractivity contribution in [2.24, 2.45) is 12.9 Å². The standard InChI is InChI=1S/C9H16N4O/c1-6-8(4-5-9(14)11-10)7(2)13(3)12-6/h4-5,10H2,1-3H3,(H,11,14). The molecule has 0 atom stereocenters. The van der Waals surface area contributed by atoms with E-state index in [9.17, 15) is 4.79 Å². The van der Waals surface area contributed by atoms with Gasteiger partial charge in [-0.1, -0.05) is 0 Å². The van der Waals surface area contributed by atoms with Crippen molar-refractivity contribution in [1.29, 1.82) is 0 Å². The highest BCUT2D eigenvalue weighted by atomic mass is 16.2. The second-order valence-electron chi connectivity index (χ2n) is 3.34. The average Bonchev–Trinajstić information content (AvgIpc) is 2.39. The summed E-state index contributed by atoms with van der Waals surface area (Å²) in [5, 5.41) is 4.27. The van der Waals surface area contributed by atoms with Crippen LogP contribution >= 0.6 is 0 Å². The predicted molar refractivity (Wildman–Crippen MR) is 53.3 cm³/mol. The number of carbonyl (C=O) groups is 1. The third kappa shape index (κ3) is 2.11. The lowest BCUT2D eigenvalue weighted by Crippen LogP contribution is -2.30. The van der Waals surface area contributed by atoms with Crippen molar-refractivity contribution in [3.05, 3.63) is 17.0 Å². The number of hydrogen-bond donors (Lipinski definition) is 2. The Morgan fingerprint density at radius 1 is 1.57 bits per heavy atom. The molecule has 78 valence electrons. The molecule has 0 spiro atoms. The summed E-state index contributed by atoms with van der Waals surface area (Å²) in [4.78, 5) is 11.0. The second kappa shape index (κ2) is 4.23. The van der Waals surface area contributed by atoms with Crippen molar-refractivity contribution in [2.75, 3.05) is 0 Å². The third-order valence-electron chi connectivity index (χ3n) is 2.42. The van der Waals surface area contributed by atoms with E-state index < -0.39 is 0 Å². The Bertz CT molecular complexity index is 343. The van der Waals surface area contributed by atoms with Gasteiger partial charge in [-0.2, -0.15) is 5.10 Å². The molecule has 0 bridgehead atoms. The Labute approximate surface area is 83.2 Å². The Morgan fingerprint density at radius 3 is 2.64 bits per heavy atom. The van der Waals surface area contributed by atoms with Crippen LogP contribution in [0.15, 0.2) is 0 Å². The molecule has 1 aromatic rings. The number of aromatic nitrogens is 2. The van der Waals surface area contributed by atoms with Gasteiger partial charge >= 0.3 is 0 Å². The monoisotopic (exact) mass is 196 g/mol. The molecule has 14 heavy (non-hydrogen) atoms. The molecule has 0 aromatic carbocycles. The number of nitrogens with one attached hydrogen (secondary N) is 1. The van der Waals surface area contributed by atoms with Gasteiger partial charge in [0, 0.05) is 19.2 Å². The van der Waals surface area contributed by atoms with Crippen LogP contribution in [0.25, 0.3) is 0 Å². The van der Waals surface area contributed by atoms with Crippen molar-refractivity contribution >= 4 is 5.91 Å². The lowest BCUT2D eigenvalue weighted by Gasteiger charge is -2.01. The first-order valence-corrected chi connectivity index (χ1v) is 4.54. The van der Waals surface area contributed by atoms with E-state index in [1.54, 1.807) is 0 Å². The highest BCUT2D eigenvalue weighted by Crippen LogP contribution is 2.13. The molecule has 0 radical (unpaired) electrons. The molecule has 1 amide bonds. The topological polar surface area (TPSA) is 72.9 Å². The second-order valence-corrected chi connectivity index (χ2v) is 3.34. The number of nitrogens with zero attached hydrogens (tertiary/aromatic N) is 2. The first-order chi connectivity index (χ1) is 6.56. The Morgan fingerprint density at radius 2 is 2.21 bits per heavy atom. The highest BCUT2D eigenvalue weighted by molar-refractivity contribution is 5.75. The molecular formula is C9H16N4O. The Kier molecular flexibility index (Phi) is 3.24. The maximum Gasteiger partial charge on any atom is 0.234 e. The molecule has 1 aromatic heterocycles. The van der Waals surface area contributed by atoms with E-state index in [2.05, 4.69) is 10.5 Å². The third-order valence-corrected chi connectivity index (χ3v) is 2.42. The van der Waals surface area contributed by atoms with Crippen LogP contribution in [0.4, 0.5) is 0 Å². The average molecular weight is 196 g/mol. The number of hydrogen-bond acceptors (Lipinski definition) is 3. The van der Waals surface area contributed by atoms with Crippen LogP contribution in [0.5, 0.6) is 0 Å². The number of amides is 1. The molecule has 5 nitrogen and oxygen atoms in total. The Balaban J connectivity index is 2.71. The van der Waals surface area contributed by atoms with Crippen LogP contribution in [0, 0.1) is 13.8 Å². The first-order valence-electron chi connectivity index (χ1n) is 4.54. The van der Waals surface area contributed by atoms with Gasteiger partial charge in [0.25, 0.3) is 0 Å². The van der Waals surface area contributed by atoms with E-state index in [1.165, 1.54) is 0 Å². The minimum absolute atomic E-state index is 0.146. The number of carbonyl (C=O) groups excluding carboxylic acids is 1. The van der Waals surface area contributed by atoms with Gasteiger partial charge in [0.1, 0.15) is 0 Å². The fourth-order valence-electron chi connectivity index (χ4n) is 1.49. The molecule has 0 saturated carbocycles. The summed E-state index contributed by atoms with van der Waals surface area (Å²) in [5.74, 6) is 4.85. The van der Waals surface area contributed by atoms with Crippen LogP contribution in [0.3, 0.4) is 0 Å². The number of nitrogens with two attached hydrogens (primary N) is 1. The fraction of sp³-hybridized carbons (Fsp3) is 0.556. The molecule has 0 unspecified atom stereocenters. The molecule has 0 aliphatic carbocycles. The Hall–Kier alpha value is -1.36. The van der Waals surface area contributed by atoms with Gasteiger partial charge in [-0.25, -0.2) is 5.84 Å². The summed E-state index contributed by atoms with van der Waals surface area (Å²) in [6.07, 6.45) is 1.10. The van der Waals surface area contributed by atoms with E-state index in [0.717, 1.165) is 17.0 Å². The van der Waals surface area contributed by atoms with E-state index in [4.69, 9.17) is 5.84 Å². The largest absolute Gasteiger partial charge is 0.294 e. The van der Waals surface area contributed by atoms with Crippen LogP contribution < -0.4 is 11.3 Å². The minimum Gasteiger partial charge on any atom is -0.294 e. The summed E-state index contributed by atoms with van der Waals surface area (Å²) >= 11 is 0. The minimum atomic E-state index is -0.146. The van der Waals surface area contributed by atoms with Crippen molar-refractivity contribution in [1.82, 2.24) is 15.2 Å². The first kappa shape index (κ1) is 10.7. The lowest BCUT2D eigenvalue weighted by molar-refractivity contribution is -0.121. The zero-order chi connectivity index (χ0) is 10.7. The zero-order valence-electron chi connectivity index (χ0n) is 8.79. The normalized spacial score (nSPS) is 10.3. The molecule has 0 saturated heterocycles. The summed E-state index contributed by atoms with van der Waals surface area (Å²) < 4.78 is 1.82. The summed E-state index contributed by atoms with van der Waals surface area (Å²) in [6.45, 7) is 3.94. The van der Waals surface area contributed by atoms with Crippen molar-refractivity contribution in [2.45, 2.75) is 26.7 Å². The van der Waals surface area contributed by atoms with Gasteiger partial charge in [0.05, 0.1) is 5.69 Å². The van der Waals surface area contributed by atoms with E-state index >= 15 is 0 Å². The van der Waals surface area contributed by atoms with E-state index in [-0.39, 0.29) is 5.91 Å². The van der Waals surface area contributed by atoms with Gasteiger partial charge < -0.3 is 0 Å². The molecule has 0 aliphatic heterocycles. The quantitative estimate of drug-likeness (QED) is 0.405. The van der Waals surface area contributed by atoms with Crippen molar-refractivity contribution < 1.29 is 4.79 Å². The fourth-order valence-corrected chi connectivity index (χ4v) is 1.49. The molecule has 5 heteroatoms. The summed E-state index contributed by atoms with van der Waals surface area (Å²) in [6, 6.07) is 0. The van der Waals surface area contributed by atoms with Gasteiger partial charge in [0.2, 0.25) is 5.91 Å². The van der Waals surface area contributed by atoms with Gasteiger partial charge in [0.15, 0.2) is 0 Å². The maximum atomic E-state index is 11.0. The van der Waals surface area contributed by atoms with Crippen LogP contribution in [-0.4, -0.2) is 15.7 Å². The number of aryl methyl sites for hydroxylation is 2. The molecule has 0 aliphatic rings. The molecule has 0 fully saturated rings. The predicted octanol–water partition coefficient (Wildman–Crippen LogP) is -0.0406. The molecule has 1 rings (SSSR count). The zero-order valence-corrected chi connectivity index (χ0v) is 8.79.